The largest absolute Gasteiger partial charge is 0.477 e. The van der Waals surface area contributed by atoms with Gasteiger partial charge in [-0.2, -0.15) is 0 Å². The molecule has 0 aromatic carbocycles. The molecule has 2 heterocycles. The Balaban J connectivity index is 2.79. The third kappa shape index (κ3) is 1.14. The first-order valence-corrected chi connectivity index (χ1v) is 4.45. The molecule has 0 bridgehead atoms. The molecule has 0 atom stereocenters. The number of carbonyl (C=O) groups is 1. The first-order valence-electron chi connectivity index (χ1n) is 3.63. The molecule has 0 radical (unpaired) electrons. The van der Waals surface area contributed by atoms with Gasteiger partial charge in [0.15, 0.2) is 0 Å². The molecule has 0 spiro atoms. The van der Waals surface area contributed by atoms with Gasteiger partial charge < -0.3 is 16.6 Å². The molecular weight excluding hydrogens is 204 g/mol. The number of aromatic nitrogens is 2. The van der Waals surface area contributed by atoms with Crippen LogP contribution in [0.25, 0.3) is 10.2 Å². The number of carboxylic acids is 1. The van der Waals surface area contributed by atoms with E-state index < -0.39 is 5.97 Å². The topological polar surface area (TPSA) is 115 Å². The van der Waals surface area contributed by atoms with Crippen LogP contribution in [0.4, 0.5) is 11.6 Å². The van der Waals surface area contributed by atoms with Gasteiger partial charge in [0.1, 0.15) is 9.71 Å². The number of carboxylic acid groups (broad SMARTS) is 1. The van der Waals surface area contributed by atoms with Crippen LogP contribution in [0.1, 0.15) is 9.67 Å². The molecule has 0 aliphatic heterocycles. The van der Waals surface area contributed by atoms with Crippen LogP contribution in [0.2, 0.25) is 0 Å². The predicted molar refractivity (Wildman–Crippen MR) is 53.2 cm³/mol. The maximum Gasteiger partial charge on any atom is 0.348 e. The third-order valence-corrected chi connectivity index (χ3v) is 2.80. The Bertz CT molecular complexity index is 522. The number of nitrogens with zero attached hydrogens (tertiary/aromatic N) is 2. The molecule has 2 aromatic heterocycles. The van der Waals surface area contributed by atoms with Crippen LogP contribution in [0, 0.1) is 0 Å². The van der Waals surface area contributed by atoms with Gasteiger partial charge in [-0.15, -0.1) is 11.3 Å². The number of nitrogens with two attached hydrogens (primary N) is 2. The first kappa shape index (κ1) is 8.70. The summed E-state index contributed by atoms with van der Waals surface area (Å²) >= 11 is 0.991. The van der Waals surface area contributed by atoms with Crippen molar-refractivity contribution in [2.75, 3.05) is 11.5 Å². The molecule has 72 valence electrons. The molecule has 6 nitrogen and oxygen atoms in total. The number of aromatic carboxylic acids is 1. The van der Waals surface area contributed by atoms with Gasteiger partial charge in [0.05, 0.1) is 11.1 Å². The van der Waals surface area contributed by atoms with Crippen LogP contribution in [0.5, 0.6) is 0 Å². The molecule has 0 aliphatic carbocycles. The van der Waals surface area contributed by atoms with E-state index in [2.05, 4.69) is 9.97 Å². The summed E-state index contributed by atoms with van der Waals surface area (Å²) in [4.78, 5) is 18.9. The quantitative estimate of drug-likeness (QED) is 0.633. The first-order chi connectivity index (χ1) is 6.59. The Kier molecular flexibility index (Phi) is 1.74. The van der Waals surface area contributed by atoms with Gasteiger partial charge in [0.2, 0.25) is 5.95 Å². The van der Waals surface area contributed by atoms with Gasteiger partial charge in [0.25, 0.3) is 0 Å². The number of hydrogen-bond acceptors (Lipinski definition) is 6. The zero-order chi connectivity index (χ0) is 10.3. The molecule has 0 saturated carbocycles. The second kappa shape index (κ2) is 2.81. The van der Waals surface area contributed by atoms with E-state index in [0.29, 0.717) is 10.2 Å². The van der Waals surface area contributed by atoms with E-state index in [0.717, 1.165) is 11.3 Å². The molecule has 0 aliphatic rings. The SMILES string of the molecule is Nc1ncc2c(N)c(C(=O)O)sc2n1. The van der Waals surface area contributed by atoms with E-state index in [9.17, 15) is 4.79 Å². The highest BCUT2D eigenvalue weighted by Crippen LogP contribution is 2.31. The summed E-state index contributed by atoms with van der Waals surface area (Å²) in [7, 11) is 0. The Labute approximate surface area is 82.2 Å². The van der Waals surface area contributed by atoms with Crippen molar-refractivity contribution in [3.05, 3.63) is 11.1 Å². The number of fused-ring (bicyclic) bond motifs is 1. The molecule has 5 N–H and O–H groups in total. The average molecular weight is 210 g/mol. The van der Waals surface area contributed by atoms with E-state index in [1.165, 1.54) is 6.20 Å². The molecule has 2 rings (SSSR count). The second-order valence-electron chi connectivity index (χ2n) is 2.60. The number of anilines is 2. The van der Waals surface area contributed by atoms with Crippen molar-refractivity contribution in [3.8, 4) is 0 Å². The van der Waals surface area contributed by atoms with Gasteiger partial charge in [-0.25, -0.2) is 14.8 Å². The van der Waals surface area contributed by atoms with Gasteiger partial charge in [-0.3, -0.25) is 0 Å². The summed E-state index contributed by atoms with van der Waals surface area (Å²) in [5.41, 5.74) is 11.1. The van der Waals surface area contributed by atoms with Gasteiger partial charge in [0, 0.05) is 6.20 Å². The second-order valence-corrected chi connectivity index (χ2v) is 3.60. The number of rotatable bonds is 1. The lowest BCUT2D eigenvalue weighted by Gasteiger charge is -1.91. The van der Waals surface area contributed by atoms with E-state index >= 15 is 0 Å². The van der Waals surface area contributed by atoms with Crippen molar-refractivity contribution in [1.29, 1.82) is 0 Å². The van der Waals surface area contributed by atoms with Gasteiger partial charge in [-0.1, -0.05) is 0 Å². The minimum atomic E-state index is -1.07. The van der Waals surface area contributed by atoms with Crippen LogP contribution in [-0.4, -0.2) is 21.0 Å². The summed E-state index contributed by atoms with van der Waals surface area (Å²) < 4.78 is 0. The lowest BCUT2D eigenvalue weighted by atomic mass is 10.3. The van der Waals surface area contributed by atoms with Crippen molar-refractivity contribution in [2.24, 2.45) is 0 Å². The van der Waals surface area contributed by atoms with Crippen molar-refractivity contribution >= 4 is 39.2 Å². The summed E-state index contributed by atoms with van der Waals surface area (Å²) in [6.45, 7) is 0. The van der Waals surface area contributed by atoms with E-state index in [1.807, 2.05) is 0 Å². The van der Waals surface area contributed by atoms with Gasteiger partial charge >= 0.3 is 5.97 Å². The van der Waals surface area contributed by atoms with Crippen molar-refractivity contribution in [2.45, 2.75) is 0 Å². The molecule has 0 amide bonds. The number of hydrogen-bond donors (Lipinski definition) is 3. The van der Waals surface area contributed by atoms with Crippen LogP contribution in [0.15, 0.2) is 6.20 Å². The highest BCUT2D eigenvalue weighted by Gasteiger charge is 2.16. The maximum absolute atomic E-state index is 10.7. The monoisotopic (exact) mass is 210 g/mol. The molecule has 0 saturated heterocycles. The third-order valence-electron chi connectivity index (χ3n) is 1.70. The van der Waals surface area contributed by atoms with Crippen molar-refractivity contribution in [1.82, 2.24) is 9.97 Å². The van der Waals surface area contributed by atoms with E-state index in [-0.39, 0.29) is 16.5 Å². The Morgan fingerprint density at radius 2 is 2.21 bits per heavy atom. The molecule has 0 fully saturated rings. The summed E-state index contributed by atoms with van der Waals surface area (Å²) in [6.07, 6.45) is 1.43. The van der Waals surface area contributed by atoms with Crippen molar-refractivity contribution < 1.29 is 9.90 Å². The van der Waals surface area contributed by atoms with Crippen LogP contribution in [-0.2, 0) is 0 Å². The average Bonchev–Trinajstić information content (AvgIpc) is 2.43. The Morgan fingerprint density at radius 3 is 2.86 bits per heavy atom. The minimum absolute atomic E-state index is 0.0694. The number of thiophene rings is 1. The highest BCUT2D eigenvalue weighted by atomic mass is 32.1. The molecular formula is C7H6N4O2S. The van der Waals surface area contributed by atoms with E-state index in [4.69, 9.17) is 16.6 Å². The lowest BCUT2D eigenvalue weighted by molar-refractivity contribution is 0.0703. The molecule has 14 heavy (non-hydrogen) atoms. The van der Waals surface area contributed by atoms with Gasteiger partial charge in [-0.05, 0) is 0 Å². The minimum Gasteiger partial charge on any atom is -0.477 e. The fourth-order valence-corrected chi connectivity index (χ4v) is 1.99. The fraction of sp³-hybridized carbons (Fsp3) is 0. The number of nitrogen functional groups attached to an aromatic ring is 2. The highest BCUT2D eigenvalue weighted by molar-refractivity contribution is 7.21. The zero-order valence-electron chi connectivity index (χ0n) is 6.89. The summed E-state index contributed by atoms with van der Waals surface area (Å²) in [5, 5.41) is 9.32. The molecule has 7 heteroatoms. The summed E-state index contributed by atoms with van der Waals surface area (Å²) in [5.74, 6) is -0.959. The predicted octanol–water partition coefficient (Wildman–Crippen LogP) is 0.554. The molecule has 2 aromatic rings. The summed E-state index contributed by atoms with van der Waals surface area (Å²) in [6, 6.07) is 0. The normalized spacial score (nSPS) is 10.6. The standard InChI is InChI=1S/C7H6N4O2S/c8-3-2-1-10-7(9)11-5(2)14-4(3)6(12)13/h1H,8H2,(H,12,13)(H2,9,10,11). The van der Waals surface area contributed by atoms with Crippen molar-refractivity contribution in [3.63, 3.8) is 0 Å². The zero-order valence-corrected chi connectivity index (χ0v) is 7.71. The molecule has 0 unspecified atom stereocenters. The Hall–Kier alpha value is -1.89. The maximum atomic E-state index is 10.7. The Morgan fingerprint density at radius 1 is 1.50 bits per heavy atom. The lowest BCUT2D eigenvalue weighted by Crippen LogP contribution is -1.97. The van der Waals surface area contributed by atoms with Crippen LogP contribution >= 0.6 is 11.3 Å². The van der Waals surface area contributed by atoms with Crippen LogP contribution < -0.4 is 11.5 Å². The smallest absolute Gasteiger partial charge is 0.348 e. The van der Waals surface area contributed by atoms with E-state index in [1.54, 1.807) is 0 Å². The van der Waals surface area contributed by atoms with Crippen LogP contribution in [0.3, 0.4) is 0 Å². The fourth-order valence-electron chi connectivity index (χ4n) is 1.07.